The second-order valence-corrected chi connectivity index (χ2v) is 4.03. The molecule has 0 amide bonds. The highest BCUT2D eigenvalue weighted by Crippen LogP contribution is 2.20. The minimum atomic E-state index is -0.353. The van der Waals surface area contributed by atoms with Crippen LogP contribution < -0.4 is 0 Å². The maximum absolute atomic E-state index is 10.7. The third kappa shape index (κ3) is 6.21. The van der Waals surface area contributed by atoms with Gasteiger partial charge in [0.25, 0.3) is 5.69 Å². The second-order valence-electron chi connectivity index (χ2n) is 4.03. The predicted molar refractivity (Wildman–Crippen MR) is 89.8 cm³/mol. The molecule has 0 unspecified atom stereocenters. The van der Waals surface area contributed by atoms with Crippen molar-refractivity contribution < 1.29 is 4.92 Å². The van der Waals surface area contributed by atoms with Crippen LogP contribution in [-0.2, 0) is 6.42 Å². The molecule has 0 saturated heterocycles. The normalized spacial score (nSPS) is 8.81. The van der Waals surface area contributed by atoms with Gasteiger partial charge in [0.1, 0.15) is 0 Å². The molecular weight excluding hydrogens is 262 g/mol. The molecule has 0 radical (unpaired) electrons. The summed E-state index contributed by atoms with van der Waals surface area (Å²) in [6.07, 6.45) is 0.731. The molecule has 0 aliphatic carbocycles. The van der Waals surface area contributed by atoms with Crippen LogP contribution in [0.15, 0.2) is 48.5 Å². The average molecular weight is 287 g/mol. The van der Waals surface area contributed by atoms with Crippen LogP contribution in [0.25, 0.3) is 0 Å². The zero-order valence-electron chi connectivity index (χ0n) is 13.6. The summed E-state index contributed by atoms with van der Waals surface area (Å²) in [5.74, 6) is 0. The monoisotopic (exact) mass is 287 g/mol. The number of rotatable bonds is 3. The minimum Gasteiger partial charge on any atom is -0.258 e. The van der Waals surface area contributed by atoms with Gasteiger partial charge >= 0.3 is 0 Å². The van der Waals surface area contributed by atoms with Gasteiger partial charge in [-0.25, -0.2) is 0 Å². The Kier molecular flexibility index (Phi) is 9.52. The van der Waals surface area contributed by atoms with Gasteiger partial charge < -0.3 is 0 Å². The van der Waals surface area contributed by atoms with Crippen LogP contribution in [0.4, 0.5) is 5.69 Å². The molecule has 3 heteroatoms. The van der Waals surface area contributed by atoms with Crippen molar-refractivity contribution in [2.75, 3.05) is 0 Å². The number of benzene rings is 2. The van der Waals surface area contributed by atoms with Gasteiger partial charge in [-0.15, -0.1) is 0 Å². The van der Waals surface area contributed by atoms with Crippen molar-refractivity contribution in [3.8, 4) is 0 Å². The van der Waals surface area contributed by atoms with Crippen LogP contribution in [0.1, 0.15) is 44.4 Å². The molecule has 0 N–H and O–H groups in total. The zero-order valence-corrected chi connectivity index (χ0v) is 13.6. The first-order valence-electron chi connectivity index (χ1n) is 7.44. The van der Waals surface area contributed by atoms with E-state index in [1.807, 2.05) is 65.0 Å². The topological polar surface area (TPSA) is 43.1 Å². The van der Waals surface area contributed by atoms with Gasteiger partial charge in [0.15, 0.2) is 0 Å². The van der Waals surface area contributed by atoms with Crippen LogP contribution >= 0.6 is 0 Å². The number of hydrogen-bond donors (Lipinski definition) is 0. The van der Waals surface area contributed by atoms with E-state index in [4.69, 9.17) is 0 Å². The molecule has 0 saturated carbocycles. The lowest BCUT2D eigenvalue weighted by Crippen LogP contribution is -1.95. The minimum absolute atomic E-state index is 0.154. The molecule has 3 nitrogen and oxygen atoms in total. The Morgan fingerprint density at radius 1 is 0.952 bits per heavy atom. The van der Waals surface area contributed by atoms with E-state index >= 15 is 0 Å². The molecule has 2 aromatic rings. The lowest BCUT2D eigenvalue weighted by atomic mass is 10.00. The largest absolute Gasteiger partial charge is 0.269 e. The van der Waals surface area contributed by atoms with Crippen molar-refractivity contribution in [1.29, 1.82) is 0 Å². The molecule has 0 aliphatic heterocycles. The van der Waals surface area contributed by atoms with E-state index in [1.165, 1.54) is 0 Å². The van der Waals surface area contributed by atoms with Gasteiger partial charge in [-0.05, 0) is 30.0 Å². The molecule has 0 spiro atoms. The zero-order chi connectivity index (χ0) is 16.3. The summed E-state index contributed by atoms with van der Waals surface area (Å²) in [4.78, 5) is 10.4. The molecule has 0 fully saturated rings. The van der Waals surface area contributed by atoms with Gasteiger partial charge in [0, 0.05) is 12.1 Å². The standard InChI is InChI=1S/C14H13NO2.2C2H6/c1-11-7-8-14(15(16)17)10-13(11)9-12-5-3-2-4-6-12;2*1-2/h2-8,10H,9H2,1H3;2*1-2H3. The third-order valence-corrected chi connectivity index (χ3v) is 2.78. The lowest BCUT2D eigenvalue weighted by molar-refractivity contribution is -0.384. The van der Waals surface area contributed by atoms with E-state index in [1.54, 1.807) is 18.2 Å². The smallest absolute Gasteiger partial charge is 0.258 e. The predicted octanol–water partition coefficient (Wildman–Crippen LogP) is 5.55. The van der Waals surface area contributed by atoms with E-state index in [0.717, 1.165) is 23.1 Å². The Balaban J connectivity index is 0.000000921. The van der Waals surface area contributed by atoms with E-state index in [0.29, 0.717) is 0 Å². The molecule has 0 bridgehead atoms. The summed E-state index contributed by atoms with van der Waals surface area (Å²) in [7, 11) is 0. The van der Waals surface area contributed by atoms with Crippen molar-refractivity contribution in [3.05, 3.63) is 75.3 Å². The quantitative estimate of drug-likeness (QED) is 0.549. The van der Waals surface area contributed by atoms with Crippen LogP contribution in [0.2, 0.25) is 0 Å². The summed E-state index contributed by atoms with van der Waals surface area (Å²) in [5.41, 5.74) is 3.41. The number of non-ortho nitro benzene ring substituents is 1. The number of nitro groups is 1. The fourth-order valence-corrected chi connectivity index (χ4v) is 1.78. The van der Waals surface area contributed by atoms with Crippen molar-refractivity contribution in [2.45, 2.75) is 41.0 Å². The Hall–Kier alpha value is -2.16. The molecule has 2 aromatic carbocycles. The molecule has 21 heavy (non-hydrogen) atoms. The number of nitrogens with zero attached hydrogens (tertiary/aromatic N) is 1. The second kappa shape index (κ2) is 10.6. The van der Waals surface area contributed by atoms with Gasteiger partial charge in [-0.2, -0.15) is 0 Å². The Labute approximate surface area is 127 Å². The van der Waals surface area contributed by atoms with E-state index in [-0.39, 0.29) is 10.6 Å². The maximum Gasteiger partial charge on any atom is 0.269 e. The summed E-state index contributed by atoms with van der Waals surface area (Å²) in [5, 5.41) is 10.7. The SMILES string of the molecule is CC.CC.Cc1ccc([N+](=O)[O-])cc1Cc1ccccc1. The first-order chi connectivity index (χ1) is 10.2. The Bertz CT molecular complexity index is 536. The van der Waals surface area contributed by atoms with Gasteiger partial charge in [0.2, 0.25) is 0 Å². The van der Waals surface area contributed by atoms with Crippen molar-refractivity contribution in [1.82, 2.24) is 0 Å². The first-order valence-corrected chi connectivity index (χ1v) is 7.44. The highest BCUT2D eigenvalue weighted by molar-refractivity contribution is 5.41. The maximum atomic E-state index is 10.7. The highest BCUT2D eigenvalue weighted by atomic mass is 16.6. The number of aryl methyl sites for hydroxylation is 1. The Morgan fingerprint density at radius 3 is 2.05 bits per heavy atom. The van der Waals surface area contributed by atoms with Crippen molar-refractivity contribution >= 4 is 5.69 Å². The van der Waals surface area contributed by atoms with Crippen molar-refractivity contribution in [3.63, 3.8) is 0 Å². The molecule has 2 rings (SSSR count). The molecule has 114 valence electrons. The number of hydrogen-bond acceptors (Lipinski definition) is 2. The van der Waals surface area contributed by atoms with Gasteiger partial charge in [0.05, 0.1) is 4.92 Å². The van der Waals surface area contributed by atoms with Gasteiger partial charge in [-0.1, -0.05) is 64.1 Å². The Morgan fingerprint density at radius 2 is 1.52 bits per heavy atom. The molecule has 0 aliphatic rings. The lowest BCUT2D eigenvalue weighted by Gasteiger charge is -2.05. The summed E-state index contributed by atoms with van der Waals surface area (Å²) >= 11 is 0. The van der Waals surface area contributed by atoms with Gasteiger partial charge in [-0.3, -0.25) is 10.1 Å². The highest BCUT2D eigenvalue weighted by Gasteiger charge is 2.08. The summed E-state index contributed by atoms with van der Waals surface area (Å²) < 4.78 is 0. The van der Waals surface area contributed by atoms with Crippen molar-refractivity contribution in [2.24, 2.45) is 0 Å². The van der Waals surface area contributed by atoms with E-state index in [2.05, 4.69) is 0 Å². The summed E-state index contributed by atoms with van der Waals surface area (Å²) in [6.45, 7) is 9.97. The fourth-order valence-electron chi connectivity index (χ4n) is 1.78. The van der Waals surface area contributed by atoms with Crippen LogP contribution in [0.5, 0.6) is 0 Å². The number of nitro benzene ring substituents is 1. The molecule has 0 aromatic heterocycles. The van der Waals surface area contributed by atoms with Crippen LogP contribution in [0.3, 0.4) is 0 Å². The van der Waals surface area contributed by atoms with Crippen LogP contribution in [-0.4, -0.2) is 4.92 Å². The molecule has 0 atom stereocenters. The van der Waals surface area contributed by atoms with Crippen LogP contribution in [0, 0.1) is 17.0 Å². The van der Waals surface area contributed by atoms with E-state index in [9.17, 15) is 10.1 Å². The fraction of sp³-hybridized carbons (Fsp3) is 0.333. The average Bonchev–Trinajstić information content (AvgIpc) is 2.54. The molecule has 0 heterocycles. The summed E-state index contributed by atoms with van der Waals surface area (Å²) in [6, 6.07) is 15.0. The first kappa shape index (κ1) is 18.8. The molecular formula is C18H25NO2. The third-order valence-electron chi connectivity index (χ3n) is 2.78. The van der Waals surface area contributed by atoms with E-state index < -0.39 is 0 Å².